The lowest BCUT2D eigenvalue weighted by molar-refractivity contribution is -0.127. The molecule has 0 bridgehead atoms. The van der Waals surface area contributed by atoms with Crippen LogP contribution in [0, 0.1) is 5.92 Å². The van der Waals surface area contributed by atoms with E-state index in [1.807, 2.05) is 24.3 Å². The van der Waals surface area contributed by atoms with Gasteiger partial charge in [-0.15, -0.1) is 0 Å². The summed E-state index contributed by atoms with van der Waals surface area (Å²) in [5.74, 6) is -1.24. The number of nitrogens with zero attached hydrogens (tertiary/aromatic N) is 1. The van der Waals surface area contributed by atoms with Crippen molar-refractivity contribution >= 4 is 28.6 Å². The minimum atomic E-state index is -0.395. The van der Waals surface area contributed by atoms with Crippen molar-refractivity contribution in [1.82, 2.24) is 20.7 Å². The molecule has 2 aromatic heterocycles. The van der Waals surface area contributed by atoms with Gasteiger partial charge in [-0.2, -0.15) is 0 Å². The molecule has 144 valence electrons. The van der Waals surface area contributed by atoms with Crippen LogP contribution in [0.1, 0.15) is 33.6 Å². The van der Waals surface area contributed by atoms with Crippen LogP contribution in [0.4, 0.5) is 0 Å². The van der Waals surface area contributed by atoms with Gasteiger partial charge in [0.25, 0.3) is 11.8 Å². The monoisotopic (exact) mass is 380 g/mol. The molecule has 1 saturated heterocycles. The van der Waals surface area contributed by atoms with E-state index < -0.39 is 5.91 Å². The third kappa shape index (κ3) is 3.48. The van der Waals surface area contributed by atoms with Crippen LogP contribution >= 0.6 is 0 Å². The Balaban J connectivity index is 1.35. The fourth-order valence-electron chi connectivity index (χ4n) is 3.49. The van der Waals surface area contributed by atoms with Gasteiger partial charge in [0.05, 0.1) is 23.3 Å². The molecular weight excluding hydrogens is 360 g/mol. The SMILES string of the molecule is O=C(NNC(=O)C1CCCN(C(=O)c2ccoc2)C1)c1c[nH]c2ccccc12. The number of H-pyrrole nitrogens is 1. The summed E-state index contributed by atoms with van der Waals surface area (Å²) in [7, 11) is 0. The molecular formula is C20H20N4O4. The molecule has 1 aromatic carbocycles. The zero-order chi connectivity index (χ0) is 19.5. The number of benzene rings is 1. The fraction of sp³-hybridized carbons (Fsp3) is 0.250. The Labute approximate surface area is 160 Å². The summed E-state index contributed by atoms with van der Waals surface area (Å²) in [6.07, 6.45) is 5.83. The molecule has 0 radical (unpaired) electrons. The van der Waals surface area contributed by atoms with E-state index in [9.17, 15) is 14.4 Å². The number of aromatic nitrogens is 1. The molecule has 0 saturated carbocycles. The summed E-state index contributed by atoms with van der Waals surface area (Å²) in [4.78, 5) is 42.0. The van der Waals surface area contributed by atoms with E-state index in [2.05, 4.69) is 15.8 Å². The number of hydrogen-bond donors (Lipinski definition) is 3. The summed E-state index contributed by atoms with van der Waals surface area (Å²) >= 11 is 0. The third-order valence-corrected chi connectivity index (χ3v) is 4.98. The van der Waals surface area contributed by atoms with Crippen LogP contribution in [0.15, 0.2) is 53.5 Å². The van der Waals surface area contributed by atoms with Crippen LogP contribution in [0.5, 0.6) is 0 Å². The van der Waals surface area contributed by atoms with E-state index in [0.29, 0.717) is 30.6 Å². The van der Waals surface area contributed by atoms with Crippen LogP contribution in [0.2, 0.25) is 0 Å². The number of hydrazine groups is 1. The molecule has 1 unspecified atom stereocenters. The number of carbonyl (C=O) groups excluding carboxylic acids is 3. The normalized spacial score (nSPS) is 16.7. The first kappa shape index (κ1) is 17.8. The Morgan fingerprint density at radius 3 is 2.82 bits per heavy atom. The van der Waals surface area contributed by atoms with Gasteiger partial charge in [-0.25, -0.2) is 0 Å². The van der Waals surface area contributed by atoms with Gasteiger partial charge < -0.3 is 14.3 Å². The number of para-hydroxylation sites is 1. The van der Waals surface area contributed by atoms with Crippen LogP contribution in [0.25, 0.3) is 10.9 Å². The van der Waals surface area contributed by atoms with E-state index >= 15 is 0 Å². The van der Waals surface area contributed by atoms with Gasteiger partial charge in [-0.3, -0.25) is 25.2 Å². The van der Waals surface area contributed by atoms with Crippen molar-refractivity contribution in [3.8, 4) is 0 Å². The first-order valence-electron chi connectivity index (χ1n) is 9.11. The predicted octanol–water partition coefficient (Wildman–Crippen LogP) is 2.07. The number of amides is 3. The van der Waals surface area contributed by atoms with E-state index in [1.54, 1.807) is 17.2 Å². The summed E-state index contributed by atoms with van der Waals surface area (Å²) in [6, 6.07) is 9.04. The molecule has 28 heavy (non-hydrogen) atoms. The van der Waals surface area contributed by atoms with Gasteiger partial charge in [-0.1, -0.05) is 18.2 Å². The average Bonchev–Trinajstić information content (AvgIpc) is 3.41. The van der Waals surface area contributed by atoms with Crippen LogP contribution < -0.4 is 10.9 Å². The fourth-order valence-corrected chi connectivity index (χ4v) is 3.49. The number of fused-ring (bicyclic) bond motifs is 1. The van der Waals surface area contributed by atoms with Gasteiger partial charge in [0, 0.05) is 30.2 Å². The lowest BCUT2D eigenvalue weighted by Crippen LogP contribution is -2.50. The number of furan rings is 1. The van der Waals surface area contributed by atoms with Crippen molar-refractivity contribution in [3.05, 3.63) is 60.2 Å². The van der Waals surface area contributed by atoms with E-state index in [4.69, 9.17) is 4.42 Å². The van der Waals surface area contributed by atoms with Crippen LogP contribution in [0.3, 0.4) is 0 Å². The molecule has 8 heteroatoms. The number of rotatable bonds is 3. The van der Waals surface area contributed by atoms with Crippen molar-refractivity contribution in [2.24, 2.45) is 5.92 Å². The van der Waals surface area contributed by atoms with Crippen LogP contribution in [-0.4, -0.2) is 40.7 Å². The largest absolute Gasteiger partial charge is 0.472 e. The number of aromatic amines is 1. The molecule has 1 atom stereocenters. The highest BCUT2D eigenvalue weighted by Crippen LogP contribution is 2.20. The standard InChI is InChI=1S/C20H20N4O4/c25-18(13-4-3-8-24(11-13)20(27)14-7-9-28-12-14)22-23-19(26)16-10-21-17-6-2-1-5-15(16)17/h1-2,5-7,9-10,12-13,21H,3-4,8,11H2,(H,22,25)(H,23,26). The number of nitrogens with one attached hydrogen (secondary N) is 3. The molecule has 1 fully saturated rings. The summed E-state index contributed by atoms with van der Waals surface area (Å²) in [6.45, 7) is 0.897. The maximum atomic E-state index is 12.5. The first-order chi connectivity index (χ1) is 13.6. The Hall–Kier alpha value is -3.55. The predicted molar refractivity (Wildman–Crippen MR) is 101 cm³/mol. The maximum Gasteiger partial charge on any atom is 0.271 e. The zero-order valence-corrected chi connectivity index (χ0v) is 15.1. The van der Waals surface area contributed by atoms with Crippen molar-refractivity contribution in [1.29, 1.82) is 0 Å². The zero-order valence-electron chi connectivity index (χ0n) is 15.1. The molecule has 0 aliphatic carbocycles. The molecule has 1 aliphatic heterocycles. The lowest BCUT2D eigenvalue weighted by atomic mass is 9.97. The van der Waals surface area contributed by atoms with Gasteiger partial charge >= 0.3 is 0 Å². The average molecular weight is 380 g/mol. The third-order valence-electron chi connectivity index (χ3n) is 4.98. The van der Waals surface area contributed by atoms with Crippen molar-refractivity contribution in [2.75, 3.05) is 13.1 Å². The Bertz CT molecular complexity index is 1010. The lowest BCUT2D eigenvalue weighted by Gasteiger charge is -2.31. The summed E-state index contributed by atoms with van der Waals surface area (Å²) in [5.41, 5.74) is 6.73. The highest BCUT2D eigenvalue weighted by molar-refractivity contribution is 6.07. The van der Waals surface area contributed by atoms with Crippen molar-refractivity contribution < 1.29 is 18.8 Å². The molecule has 3 heterocycles. The second-order valence-corrected chi connectivity index (χ2v) is 6.79. The molecule has 8 nitrogen and oxygen atoms in total. The van der Waals surface area contributed by atoms with Gasteiger partial charge in [-0.05, 0) is 25.0 Å². The summed E-state index contributed by atoms with van der Waals surface area (Å²) in [5, 5.41) is 0.781. The minimum Gasteiger partial charge on any atom is -0.472 e. The van der Waals surface area contributed by atoms with E-state index in [0.717, 1.165) is 17.3 Å². The van der Waals surface area contributed by atoms with Crippen molar-refractivity contribution in [3.63, 3.8) is 0 Å². The second kappa shape index (κ2) is 7.59. The van der Waals surface area contributed by atoms with E-state index in [1.165, 1.54) is 12.5 Å². The Morgan fingerprint density at radius 2 is 2.00 bits per heavy atom. The number of piperidine rings is 1. The number of likely N-dealkylation sites (tertiary alicyclic amines) is 1. The quantitative estimate of drug-likeness (QED) is 0.605. The second-order valence-electron chi connectivity index (χ2n) is 6.79. The highest BCUT2D eigenvalue weighted by atomic mass is 16.3. The highest BCUT2D eigenvalue weighted by Gasteiger charge is 2.29. The number of hydrogen-bond acceptors (Lipinski definition) is 4. The molecule has 3 aromatic rings. The van der Waals surface area contributed by atoms with Gasteiger partial charge in [0.2, 0.25) is 5.91 Å². The Morgan fingerprint density at radius 1 is 1.14 bits per heavy atom. The Kier molecular flexibility index (Phi) is 4.84. The molecule has 4 rings (SSSR count). The molecule has 3 amide bonds. The number of carbonyl (C=O) groups is 3. The topological polar surface area (TPSA) is 107 Å². The van der Waals surface area contributed by atoms with Gasteiger partial charge in [0.1, 0.15) is 6.26 Å². The molecule has 0 spiro atoms. The van der Waals surface area contributed by atoms with Gasteiger partial charge in [0.15, 0.2) is 0 Å². The van der Waals surface area contributed by atoms with Crippen molar-refractivity contribution in [2.45, 2.75) is 12.8 Å². The first-order valence-corrected chi connectivity index (χ1v) is 9.11. The van der Waals surface area contributed by atoms with E-state index in [-0.39, 0.29) is 17.7 Å². The van der Waals surface area contributed by atoms with Crippen LogP contribution in [-0.2, 0) is 4.79 Å². The molecule has 3 N–H and O–H groups in total. The maximum absolute atomic E-state index is 12.5. The summed E-state index contributed by atoms with van der Waals surface area (Å²) < 4.78 is 4.95. The smallest absolute Gasteiger partial charge is 0.271 e. The minimum absolute atomic E-state index is 0.158. The molecule has 1 aliphatic rings.